The fourth-order valence-electron chi connectivity index (χ4n) is 3.57. The lowest BCUT2D eigenvalue weighted by Gasteiger charge is -2.12. The minimum absolute atomic E-state index is 0.0103. The van der Waals surface area contributed by atoms with Crippen molar-refractivity contribution in [3.63, 3.8) is 0 Å². The summed E-state index contributed by atoms with van der Waals surface area (Å²) in [5.74, 6) is -0.890. The van der Waals surface area contributed by atoms with Crippen LogP contribution in [-0.2, 0) is 6.42 Å². The van der Waals surface area contributed by atoms with Gasteiger partial charge in [0.25, 0.3) is 0 Å². The summed E-state index contributed by atoms with van der Waals surface area (Å²) in [7, 11) is 0. The Morgan fingerprint density at radius 1 is 0.727 bits per heavy atom. The van der Waals surface area contributed by atoms with Crippen LogP contribution >= 0.6 is 0 Å². The molecule has 0 aromatic heterocycles. The molecule has 3 rings (SSSR count). The normalized spacial score (nSPS) is 10.6. The smallest absolute Gasteiger partial charge is 0.347 e. The van der Waals surface area contributed by atoms with Crippen LogP contribution in [0.4, 0.5) is 0 Å². The van der Waals surface area contributed by atoms with Crippen molar-refractivity contribution in [2.45, 2.75) is 51.9 Å². The van der Waals surface area contributed by atoms with Crippen LogP contribution in [0.1, 0.15) is 71.7 Å². The van der Waals surface area contributed by atoms with Crippen molar-refractivity contribution in [2.24, 2.45) is 0 Å². The quantitative estimate of drug-likeness (QED) is 0.179. The highest BCUT2D eigenvalue weighted by molar-refractivity contribution is 5.97. The van der Waals surface area contributed by atoms with Crippen molar-refractivity contribution in [2.75, 3.05) is 0 Å². The monoisotopic (exact) mass is 446 g/mol. The standard InChI is InChI=1S/C28H30O5/c1-2-3-4-5-6-7-12-21-17-19-22(20-18-21)32-26-16-11-9-14-24(26)28(31)33-25-15-10-8-13-23(25)27(29)30/h8-11,13-20H,2-7,12H2,1H3,(H,29,30). The van der Waals surface area contributed by atoms with Gasteiger partial charge in [0, 0.05) is 0 Å². The number of aromatic carboxylic acids is 1. The SMILES string of the molecule is CCCCCCCCc1ccc(Oc2ccccc2C(=O)Oc2ccccc2C(=O)O)cc1. The second-order valence-electron chi connectivity index (χ2n) is 7.95. The number of esters is 1. The highest BCUT2D eigenvalue weighted by Crippen LogP contribution is 2.28. The largest absolute Gasteiger partial charge is 0.478 e. The number of aryl methyl sites for hydroxylation is 1. The summed E-state index contributed by atoms with van der Waals surface area (Å²) in [5.41, 5.74) is 1.40. The minimum Gasteiger partial charge on any atom is -0.478 e. The van der Waals surface area contributed by atoms with Crippen LogP contribution in [0.2, 0.25) is 0 Å². The van der Waals surface area contributed by atoms with E-state index in [0.717, 1.165) is 6.42 Å². The molecule has 0 spiro atoms. The molecule has 1 N–H and O–H groups in total. The van der Waals surface area contributed by atoms with Crippen LogP contribution in [0.5, 0.6) is 17.2 Å². The van der Waals surface area contributed by atoms with Crippen LogP contribution in [0.3, 0.4) is 0 Å². The fourth-order valence-corrected chi connectivity index (χ4v) is 3.57. The van der Waals surface area contributed by atoms with E-state index in [4.69, 9.17) is 9.47 Å². The van der Waals surface area contributed by atoms with E-state index < -0.39 is 11.9 Å². The Morgan fingerprint density at radius 2 is 1.33 bits per heavy atom. The van der Waals surface area contributed by atoms with Gasteiger partial charge in [-0.1, -0.05) is 75.4 Å². The number of rotatable bonds is 12. The van der Waals surface area contributed by atoms with Gasteiger partial charge >= 0.3 is 11.9 Å². The van der Waals surface area contributed by atoms with E-state index in [9.17, 15) is 14.7 Å². The van der Waals surface area contributed by atoms with Crippen LogP contribution in [0.15, 0.2) is 72.8 Å². The molecule has 0 unspecified atom stereocenters. The zero-order valence-electron chi connectivity index (χ0n) is 19.0. The number of carboxylic acids is 1. The molecular formula is C28H30O5. The number of unbranched alkanes of at least 4 members (excludes halogenated alkanes) is 5. The zero-order chi connectivity index (χ0) is 23.5. The first-order valence-corrected chi connectivity index (χ1v) is 11.5. The second kappa shape index (κ2) is 12.4. The molecule has 0 aliphatic heterocycles. The zero-order valence-corrected chi connectivity index (χ0v) is 19.0. The van der Waals surface area contributed by atoms with Gasteiger partial charge in [-0.3, -0.25) is 0 Å². The summed E-state index contributed by atoms with van der Waals surface area (Å²) in [5, 5.41) is 9.31. The Hall–Kier alpha value is -3.60. The second-order valence-corrected chi connectivity index (χ2v) is 7.95. The molecule has 3 aromatic carbocycles. The van der Waals surface area contributed by atoms with Crippen molar-refractivity contribution in [1.29, 1.82) is 0 Å². The number of para-hydroxylation sites is 2. The predicted molar refractivity (Wildman–Crippen MR) is 128 cm³/mol. The lowest BCUT2D eigenvalue weighted by Crippen LogP contribution is -2.12. The van der Waals surface area contributed by atoms with Gasteiger partial charge in [0.15, 0.2) is 0 Å². The van der Waals surface area contributed by atoms with Crippen molar-refractivity contribution >= 4 is 11.9 Å². The Morgan fingerprint density at radius 3 is 2.03 bits per heavy atom. The first-order valence-electron chi connectivity index (χ1n) is 11.5. The van der Waals surface area contributed by atoms with Gasteiger partial charge in [-0.05, 0) is 54.8 Å². The molecule has 0 saturated heterocycles. The summed E-state index contributed by atoms with van der Waals surface area (Å²) >= 11 is 0. The Kier molecular flexibility index (Phi) is 9.07. The van der Waals surface area contributed by atoms with Gasteiger partial charge in [0.1, 0.15) is 28.4 Å². The molecule has 5 nitrogen and oxygen atoms in total. The Balaban J connectivity index is 1.63. The van der Waals surface area contributed by atoms with Gasteiger partial charge < -0.3 is 14.6 Å². The van der Waals surface area contributed by atoms with E-state index in [2.05, 4.69) is 6.92 Å². The van der Waals surface area contributed by atoms with E-state index >= 15 is 0 Å². The van der Waals surface area contributed by atoms with E-state index in [0.29, 0.717) is 11.5 Å². The predicted octanol–water partition coefficient (Wildman–Crippen LogP) is 7.30. The molecule has 0 aliphatic rings. The van der Waals surface area contributed by atoms with E-state index in [-0.39, 0.29) is 16.9 Å². The molecule has 172 valence electrons. The molecule has 5 heteroatoms. The maximum absolute atomic E-state index is 12.8. The van der Waals surface area contributed by atoms with Gasteiger partial charge in [0.05, 0.1) is 0 Å². The molecule has 0 saturated carbocycles. The highest BCUT2D eigenvalue weighted by atomic mass is 16.5. The number of carbonyl (C=O) groups excluding carboxylic acids is 1. The van der Waals surface area contributed by atoms with Crippen molar-refractivity contribution < 1.29 is 24.2 Å². The average molecular weight is 447 g/mol. The third-order valence-electron chi connectivity index (χ3n) is 5.40. The molecule has 0 amide bonds. The average Bonchev–Trinajstić information content (AvgIpc) is 2.83. The summed E-state index contributed by atoms with van der Waals surface area (Å²) < 4.78 is 11.3. The van der Waals surface area contributed by atoms with Crippen molar-refractivity contribution in [3.05, 3.63) is 89.5 Å². The topological polar surface area (TPSA) is 72.8 Å². The Bertz CT molecular complexity index is 1060. The van der Waals surface area contributed by atoms with Crippen LogP contribution in [-0.4, -0.2) is 17.0 Å². The summed E-state index contributed by atoms with van der Waals surface area (Å²) in [6, 6.07) is 20.7. The molecule has 0 radical (unpaired) electrons. The van der Waals surface area contributed by atoms with Crippen molar-refractivity contribution in [3.8, 4) is 17.2 Å². The molecule has 0 bridgehead atoms. The lowest BCUT2D eigenvalue weighted by atomic mass is 10.0. The van der Waals surface area contributed by atoms with Gasteiger partial charge in [0.2, 0.25) is 0 Å². The number of carbonyl (C=O) groups is 2. The maximum Gasteiger partial charge on any atom is 0.347 e. The van der Waals surface area contributed by atoms with Crippen LogP contribution in [0.25, 0.3) is 0 Å². The highest BCUT2D eigenvalue weighted by Gasteiger charge is 2.18. The summed E-state index contributed by atoms with van der Waals surface area (Å²) in [4.78, 5) is 24.2. The van der Waals surface area contributed by atoms with Crippen LogP contribution < -0.4 is 9.47 Å². The fraction of sp³-hybridized carbons (Fsp3) is 0.286. The van der Waals surface area contributed by atoms with E-state index in [1.807, 2.05) is 24.3 Å². The van der Waals surface area contributed by atoms with Crippen molar-refractivity contribution in [1.82, 2.24) is 0 Å². The molecule has 0 atom stereocenters. The minimum atomic E-state index is -1.16. The van der Waals surface area contributed by atoms with Crippen LogP contribution in [0, 0.1) is 0 Å². The van der Waals surface area contributed by atoms with Gasteiger partial charge in [-0.2, -0.15) is 0 Å². The van der Waals surface area contributed by atoms with E-state index in [1.165, 1.54) is 56.2 Å². The third kappa shape index (κ3) is 7.21. The number of ether oxygens (including phenoxy) is 2. The molecule has 0 aliphatic carbocycles. The lowest BCUT2D eigenvalue weighted by molar-refractivity contribution is 0.0681. The maximum atomic E-state index is 12.8. The molecule has 0 heterocycles. The number of benzene rings is 3. The number of carboxylic acid groups (broad SMARTS) is 1. The Labute approximate surface area is 195 Å². The molecule has 33 heavy (non-hydrogen) atoms. The number of hydrogen-bond acceptors (Lipinski definition) is 4. The third-order valence-corrected chi connectivity index (χ3v) is 5.40. The number of hydrogen-bond donors (Lipinski definition) is 1. The summed E-state index contributed by atoms with van der Waals surface area (Å²) in [6.45, 7) is 2.23. The van der Waals surface area contributed by atoms with Gasteiger partial charge in [-0.15, -0.1) is 0 Å². The summed E-state index contributed by atoms with van der Waals surface area (Å²) in [6.07, 6.45) is 8.64. The molecular weight excluding hydrogens is 416 g/mol. The molecule has 0 fully saturated rings. The van der Waals surface area contributed by atoms with Gasteiger partial charge in [-0.25, -0.2) is 9.59 Å². The van der Waals surface area contributed by atoms with E-state index in [1.54, 1.807) is 36.4 Å². The molecule has 3 aromatic rings. The first-order chi connectivity index (χ1) is 16.1. The first kappa shape index (κ1) is 24.1.